The highest BCUT2D eigenvalue weighted by molar-refractivity contribution is 7.14. The number of amides is 1. The van der Waals surface area contributed by atoms with Crippen LogP contribution in [0.25, 0.3) is 22.3 Å². The monoisotopic (exact) mass is 534 g/mol. The minimum Gasteiger partial charge on any atom is -0.370 e. The van der Waals surface area contributed by atoms with E-state index in [0.29, 0.717) is 22.2 Å². The number of anilines is 3. The van der Waals surface area contributed by atoms with Crippen molar-refractivity contribution in [1.82, 2.24) is 19.4 Å². The van der Waals surface area contributed by atoms with Crippen LogP contribution >= 0.6 is 11.3 Å². The van der Waals surface area contributed by atoms with E-state index < -0.39 is 11.5 Å². The quantitative estimate of drug-likeness (QED) is 0.356. The Kier molecular flexibility index (Phi) is 7.16. The lowest BCUT2D eigenvalue weighted by molar-refractivity contribution is 0.0820. The van der Waals surface area contributed by atoms with Crippen molar-refractivity contribution in [1.29, 1.82) is 0 Å². The van der Waals surface area contributed by atoms with E-state index in [9.17, 15) is 14.0 Å². The first-order chi connectivity index (χ1) is 18.2. The Bertz CT molecular complexity index is 1540. The predicted octanol–water partition coefficient (Wildman–Crippen LogP) is 5.41. The summed E-state index contributed by atoms with van der Waals surface area (Å²) in [5.74, 6) is -0.712. The first kappa shape index (κ1) is 25.8. The van der Waals surface area contributed by atoms with Gasteiger partial charge in [0.1, 0.15) is 5.82 Å². The normalized spacial score (nSPS) is 14.0. The molecular weight excluding hydrogens is 503 g/mol. The van der Waals surface area contributed by atoms with Gasteiger partial charge in [-0.25, -0.2) is 14.4 Å². The second-order valence-electron chi connectivity index (χ2n) is 9.95. The maximum atomic E-state index is 13.4. The molecule has 1 aliphatic carbocycles. The summed E-state index contributed by atoms with van der Waals surface area (Å²) in [6, 6.07) is 10.5. The molecule has 2 heterocycles. The maximum Gasteiger partial charge on any atom is 0.282 e. The lowest BCUT2D eigenvalue weighted by Gasteiger charge is -2.34. The molecule has 1 fully saturated rings. The van der Waals surface area contributed by atoms with E-state index >= 15 is 0 Å². The van der Waals surface area contributed by atoms with Crippen molar-refractivity contribution in [2.75, 3.05) is 31.4 Å². The standard InChI is InChI=1S/C28H31FN6O2S/c1-33(2)26(36)25-27(37)35(4)24-15-21(23(14-20(24)30-25)34(3)19-8-6-5-7-9-19)31-28-32-22(16-38-28)17-10-12-18(29)13-11-17/h10-16,19H,5-9H2,1-4H3,(H,31,32). The van der Waals surface area contributed by atoms with Crippen molar-refractivity contribution in [3.63, 3.8) is 0 Å². The summed E-state index contributed by atoms with van der Waals surface area (Å²) in [5, 5.41) is 6.07. The molecule has 198 valence electrons. The van der Waals surface area contributed by atoms with Crippen molar-refractivity contribution in [3.05, 3.63) is 63.6 Å². The first-order valence-electron chi connectivity index (χ1n) is 12.7. The fraction of sp³-hybridized carbons (Fsp3) is 0.357. The van der Waals surface area contributed by atoms with Crippen LogP contribution in [0, 0.1) is 5.82 Å². The van der Waals surface area contributed by atoms with Crippen molar-refractivity contribution < 1.29 is 9.18 Å². The van der Waals surface area contributed by atoms with Crippen molar-refractivity contribution in [3.8, 4) is 11.3 Å². The number of halogens is 1. The Morgan fingerprint density at radius 3 is 2.47 bits per heavy atom. The van der Waals surface area contributed by atoms with Gasteiger partial charge in [0.15, 0.2) is 10.8 Å². The average molecular weight is 535 g/mol. The molecular formula is C28H31FN6O2S. The highest BCUT2D eigenvalue weighted by atomic mass is 32.1. The zero-order valence-electron chi connectivity index (χ0n) is 22.0. The zero-order chi connectivity index (χ0) is 27.0. The SMILES string of the molecule is CN(C)C(=O)c1nc2cc(N(C)C3CCCCC3)c(Nc3nc(-c4ccc(F)cc4)cs3)cc2n(C)c1=O. The number of thiazole rings is 1. The van der Waals surface area contributed by atoms with Crippen LogP contribution in [0.15, 0.2) is 46.6 Å². The van der Waals surface area contributed by atoms with Gasteiger partial charge in [-0.2, -0.15) is 0 Å². The van der Waals surface area contributed by atoms with Crippen LogP contribution in [0.1, 0.15) is 42.6 Å². The zero-order valence-corrected chi connectivity index (χ0v) is 22.8. The molecule has 0 saturated heterocycles. The summed E-state index contributed by atoms with van der Waals surface area (Å²) in [7, 11) is 6.96. The Morgan fingerprint density at radius 2 is 1.79 bits per heavy atom. The highest BCUT2D eigenvalue weighted by Gasteiger charge is 2.24. The number of carbonyl (C=O) groups excluding carboxylic acids is 1. The van der Waals surface area contributed by atoms with E-state index in [0.717, 1.165) is 35.5 Å². The Morgan fingerprint density at radius 1 is 1.08 bits per heavy atom. The van der Waals surface area contributed by atoms with Gasteiger partial charge in [-0.3, -0.25) is 9.59 Å². The predicted molar refractivity (Wildman–Crippen MR) is 151 cm³/mol. The lowest BCUT2D eigenvalue weighted by Crippen LogP contribution is -2.34. The van der Waals surface area contributed by atoms with E-state index in [-0.39, 0.29) is 11.5 Å². The van der Waals surface area contributed by atoms with Crippen LogP contribution in [-0.4, -0.2) is 52.5 Å². The van der Waals surface area contributed by atoms with Crippen molar-refractivity contribution in [2.45, 2.75) is 38.1 Å². The van der Waals surface area contributed by atoms with Crippen LogP contribution < -0.4 is 15.8 Å². The molecule has 38 heavy (non-hydrogen) atoms. The molecule has 10 heteroatoms. The molecule has 8 nitrogen and oxygen atoms in total. The van der Waals surface area contributed by atoms with Crippen molar-refractivity contribution >= 4 is 44.8 Å². The summed E-state index contributed by atoms with van der Waals surface area (Å²) in [6.07, 6.45) is 5.83. The number of nitrogens with zero attached hydrogens (tertiary/aromatic N) is 5. The first-order valence-corrected chi connectivity index (χ1v) is 13.6. The molecule has 1 amide bonds. The summed E-state index contributed by atoms with van der Waals surface area (Å²) in [6.45, 7) is 0. The van der Waals surface area contributed by atoms with E-state index in [1.54, 1.807) is 33.3 Å². The van der Waals surface area contributed by atoms with Gasteiger partial charge in [0.05, 0.1) is 28.1 Å². The van der Waals surface area contributed by atoms with Gasteiger partial charge in [0.2, 0.25) is 0 Å². The van der Waals surface area contributed by atoms with Gasteiger partial charge in [0.25, 0.3) is 11.5 Å². The smallest absolute Gasteiger partial charge is 0.282 e. The van der Waals surface area contributed by atoms with Gasteiger partial charge in [-0.05, 0) is 49.2 Å². The number of carbonyl (C=O) groups is 1. The van der Waals surface area contributed by atoms with Gasteiger partial charge < -0.3 is 19.7 Å². The summed E-state index contributed by atoms with van der Waals surface area (Å²) < 4.78 is 14.9. The van der Waals surface area contributed by atoms with E-state index in [1.165, 1.54) is 52.2 Å². The number of aromatic nitrogens is 3. The Balaban J connectivity index is 1.60. The molecule has 0 bridgehead atoms. The molecule has 4 aromatic rings. The van der Waals surface area contributed by atoms with E-state index in [2.05, 4.69) is 22.2 Å². The summed E-state index contributed by atoms with van der Waals surface area (Å²) >= 11 is 1.45. The summed E-state index contributed by atoms with van der Waals surface area (Å²) in [4.78, 5) is 38.6. The third-order valence-corrected chi connectivity index (χ3v) is 7.95. The van der Waals surface area contributed by atoms with Crippen LogP contribution in [0.3, 0.4) is 0 Å². The minimum atomic E-state index is -0.441. The number of aryl methyl sites for hydroxylation is 1. The molecule has 5 rings (SSSR count). The van der Waals surface area contributed by atoms with Crippen LogP contribution in [0.4, 0.5) is 20.9 Å². The highest BCUT2D eigenvalue weighted by Crippen LogP contribution is 2.37. The van der Waals surface area contributed by atoms with Crippen LogP contribution in [0.2, 0.25) is 0 Å². The third-order valence-electron chi connectivity index (χ3n) is 7.19. The van der Waals surface area contributed by atoms with Crippen LogP contribution in [-0.2, 0) is 7.05 Å². The van der Waals surface area contributed by atoms with E-state index in [4.69, 9.17) is 4.98 Å². The fourth-order valence-corrected chi connectivity index (χ4v) is 5.70. The molecule has 0 atom stereocenters. The molecule has 0 radical (unpaired) electrons. The second kappa shape index (κ2) is 10.5. The largest absolute Gasteiger partial charge is 0.370 e. The molecule has 1 saturated carbocycles. The Labute approximate surface area is 224 Å². The minimum absolute atomic E-state index is 0.0964. The molecule has 0 aliphatic heterocycles. The number of fused-ring (bicyclic) bond motifs is 1. The van der Waals surface area contributed by atoms with E-state index in [1.807, 2.05) is 17.5 Å². The topological polar surface area (TPSA) is 83.4 Å². The van der Waals surface area contributed by atoms with Gasteiger partial charge in [-0.15, -0.1) is 11.3 Å². The molecule has 1 aliphatic rings. The van der Waals surface area contributed by atoms with Crippen molar-refractivity contribution in [2.24, 2.45) is 7.05 Å². The molecule has 2 aromatic heterocycles. The number of nitrogens with one attached hydrogen (secondary N) is 1. The second-order valence-corrected chi connectivity index (χ2v) is 10.8. The fourth-order valence-electron chi connectivity index (χ4n) is 4.97. The third kappa shape index (κ3) is 5.00. The summed E-state index contributed by atoms with van der Waals surface area (Å²) in [5.41, 5.74) is 3.96. The van der Waals surface area contributed by atoms with Gasteiger partial charge >= 0.3 is 0 Å². The van der Waals surface area contributed by atoms with Gasteiger partial charge in [0, 0.05) is 45.2 Å². The van der Waals surface area contributed by atoms with Gasteiger partial charge in [-0.1, -0.05) is 19.3 Å². The Hall–Kier alpha value is -3.79. The molecule has 0 unspecified atom stereocenters. The lowest BCUT2D eigenvalue weighted by atomic mass is 9.94. The molecule has 0 spiro atoms. The number of hydrogen-bond acceptors (Lipinski definition) is 7. The molecule has 2 aromatic carbocycles. The number of rotatable bonds is 6. The molecule has 1 N–H and O–H groups in total. The average Bonchev–Trinajstić information content (AvgIpc) is 3.39. The maximum absolute atomic E-state index is 13.4. The number of hydrogen-bond donors (Lipinski definition) is 1. The van der Waals surface area contributed by atoms with Crippen LogP contribution in [0.5, 0.6) is 0 Å². The number of benzene rings is 2.